The largest absolute Gasteiger partial charge is 0.508 e. The Morgan fingerprint density at radius 2 is 1.79 bits per heavy atom. The van der Waals surface area contributed by atoms with Crippen molar-refractivity contribution in [3.63, 3.8) is 0 Å². The molecule has 4 rings (SSSR count). The Hall–Kier alpha value is -2.84. The molecule has 1 unspecified atom stereocenters. The van der Waals surface area contributed by atoms with Crippen molar-refractivity contribution in [2.24, 2.45) is 0 Å². The number of phenolic OH excluding ortho intramolecular Hbond substituents is 1. The van der Waals surface area contributed by atoms with E-state index < -0.39 is 9.84 Å². The molecule has 1 atom stereocenters. The van der Waals surface area contributed by atoms with E-state index in [1.807, 2.05) is 0 Å². The molecular weight excluding hydrogens is 398 g/mol. The van der Waals surface area contributed by atoms with E-state index in [0.717, 1.165) is 10.4 Å². The standard InChI is InChI=1S/C20H17NO5S2/c1-26-14-6-8-15(9-7-14)28(24,25)17-11-27-20-16(10-18(23)21-19(17)20)12-2-4-13(22)5-3-12/h2-9,11,16,22H,10H2,1H3,(H,21,23). The molecule has 2 aromatic carbocycles. The van der Waals surface area contributed by atoms with Crippen LogP contribution in [0.4, 0.5) is 5.69 Å². The fourth-order valence-electron chi connectivity index (χ4n) is 3.26. The van der Waals surface area contributed by atoms with E-state index in [4.69, 9.17) is 4.74 Å². The van der Waals surface area contributed by atoms with E-state index in [-0.39, 0.29) is 33.8 Å². The van der Waals surface area contributed by atoms with Crippen LogP contribution in [-0.4, -0.2) is 26.5 Å². The molecule has 1 aliphatic rings. The Kier molecular flexibility index (Phi) is 4.60. The van der Waals surface area contributed by atoms with Crippen molar-refractivity contribution in [3.05, 3.63) is 64.4 Å². The van der Waals surface area contributed by atoms with Crippen LogP contribution in [0, 0.1) is 0 Å². The van der Waals surface area contributed by atoms with Crippen LogP contribution >= 0.6 is 11.3 Å². The number of thiophene rings is 1. The fourth-order valence-corrected chi connectivity index (χ4v) is 6.17. The second-order valence-electron chi connectivity index (χ2n) is 6.41. The zero-order chi connectivity index (χ0) is 19.9. The fraction of sp³-hybridized carbons (Fsp3) is 0.150. The molecule has 0 radical (unpaired) electrons. The van der Waals surface area contributed by atoms with Gasteiger partial charge >= 0.3 is 0 Å². The van der Waals surface area contributed by atoms with Gasteiger partial charge in [0, 0.05) is 22.6 Å². The number of nitrogens with one attached hydrogen (secondary N) is 1. The Morgan fingerprint density at radius 3 is 2.43 bits per heavy atom. The van der Waals surface area contributed by atoms with E-state index in [1.165, 1.54) is 30.6 Å². The molecule has 0 saturated carbocycles. The van der Waals surface area contributed by atoms with Crippen molar-refractivity contribution in [3.8, 4) is 11.5 Å². The third-order valence-corrected chi connectivity index (χ3v) is 7.75. The minimum Gasteiger partial charge on any atom is -0.508 e. The SMILES string of the molecule is COc1ccc(S(=O)(=O)c2csc3c2NC(=O)CC3c2ccc(O)cc2)cc1. The Labute approximate surface area is 166 Å². The Balaban J connectivity index is 1.79. The number of carbonyl (C=O) groups excluding carboxylic acids is 1. The van der Waals surface area contributed by atoms with Crippen LogP contribution in [-0.2, 0) is 14.6 Å². The molecule has 0 fully saturated rings. The minimum absolute atomic E-state index is 0.0921. The van der Waals surface area contributed by atoms with Gasteiger partial charge in [-0.05, 0) is 42.0 Å². The number of aromatic hydroxyl groups is 1. The third kappa shape index (κ3) is 3.14. The van der Waals surface area contributed by atoms with Crippen LogP contribution in [0.5, 0.6) is 11.5 Å². The summed E-state index contributed by atoms with van der Waals surface area (Å²) in [6, 6.07) is 12.8. The van der Waals surface area contributed by atoms with Gasteiger partial charge in [0.05, 0.1) is 17.7 Å². The first kappa shape index (κ1) is 18.5. The highest BCUT2D eigenvalue weighted by Gasteiger charge is 2.34. The number of hydrogen-bond acceptors (Lipinski definition) is 6. The molecule has 0 aliphatic carbocycles. The number of phenols is 1. The second-order valence-corrected chi connectivity index (χ2v) is 9.24. The van der Waals surface area contributed by atoms with Crippen LogP contribution in [0.15, 0.2) is 63.7 Å². The van der Waals surface area contributed by atoms with Crippen LogP contribution in [0.1, 0.15) is 22.8 Å². The molecule has 1 amide bonds. The highest BCUT2D eigenvalue weighted by Crippen LogP contribution is 2.46. The van der Waals surface area contributed by atoms with E-state index in [1.54, 1.807) is 41.8 Å². The quantitative estimate of drug-likeness (QED) is 0.677. The van der Waals surface area contributed by atoms with Crippen molar-refractivity contribution >= 4 is 32.8 Å². The Bertz CT molecular complexity index is 1130. The highest BCUT2D eigenvalue weighted by molar-refractivity contribution is 7.91. The van der Waals surface area contributed by atoms with Crippen molar-refractivity contribution in [2.75, 3.05) is 12.4 Å². The summed E-state index contributed by atoms with van der Waals surface area (Å²) in [6.45, 7) is 0. The Morgan fingerprint density at radius 1 is 1.11 bits per heavy atom. The topological polar surface area (TPSA) is 92.7 Å². The summed E-state index contributed by atoms with van der Waals surface area (Å²) in [5.41, 5.74) is 1.19. The van der Waals surface area contributed by atoms with Crippen molar-refractivity contribution in [2.45, 2.75) is 22.1 Å². The summed E-state index contributed by atoms with van der Waals surface area (Å²) in [7, 11) is -2.29. The molecule has 0 spiro atoms. The maximum absolute atomic E-state index is 13.1. The molecule has 2 heterocycles. The van der Waals surface area contributed by atoms with Gasteiger partial charge in [-0.15, -0.1) is 11.3 Å². The van der Waals surface area contributed by atoms with E-state index in [0.29, 0.717) is 11.4 Å². The second kappa shape index (κ2) is 6.96. The summed E-state index contributed by atoms with van der Waals surface area (Å²) in [4.78, 5) is 13.3. The van der Waals surface area contributed by atoms with Gasteiger partial charge in [-0.1, -0.05) is 12.1 Å². The van der Waals surface area contributed by atoms with Crippen molar-refractivity contribution in [1.29, 1.82) is 0 Å². The third-order valence-electron chi connectivity index (χ3n) is 4.71. The number of ether oxygens (including phenoxy) is 1. The number of amides is 1. The maximum atomic E-state index is 13.1. The van der Waals surface area contributed by atoms with Gasteiger partial charge < -0.3 is 15.2 Å². The van der Waals surface area contributed by atoms with Crippen molar-refractivity contribution in [1.82, 2.24) is 0 Å². The lowest BCUT2D eigenvalue weighted by Gasteiger charge is -2.23. The molecular formula is C20H17NO5S2. The normalized spacial score (nSPS) is 16.3. The maximum Gasteiger partial charge on any atom is 0.225 e. The number of sulfone groups is 1. The summed E-state index contributed by atoms with van der Waals surface area (Å²) in [5.74, 6) is 0.203. The first-order valence-corrected chi connectivity index (χ1v) is 10.9. The van der Waals surface area contributed by atoms with E-state index in [2.05, 4.69) is 5.32 Å². The lowest BCUT2D eigenvalue weighted by Crippen LogP contribution is -2.23. The van der Waals surface area contributed by atoms with Crippen molar-refractivity contribution < 1.29 is 23.1 Å². The number of rotatable bonds is 4. The molecule has 6 nitrogen and oxygen atoms in total. The van der Waals surface area contributed by atoms with Gasteiger partial charge in [-0.2, -0.15) is 0 Å². The molecule has 8 heteroatoms. The summed E-state index contributed by atoms with van der Waals surface area (Å²) < 4.78 is 31.4. The first-order valence-electron chi connectivity index (χ1n) is 8.49. The molecule has 144 valence electrons. The minimum atomic E-state index is -3.80. The van der Waals surface area contributed by atoms with E-state index >= 15 is 0 Å². The highest BCUT2D eigenvalue weighted by atomic mass is 32.2. The molecule has 1 aliphatic heterocycles. The van der Waals surface area contributed by atoms with Crippen LogP contribution in [0.2, 0.25) is 0 Å². The van der Waals surface area contributed by atoms with Crippen LogP contribution in [0.25, 0.3) is 0 Å². The number of fused-ring (bicyclic) bond motifs is 1. The smallest absolute Gasteiger partial charge is 0.225 e. The van der Waals surface area contributed by atoms with Crippen LogP contribution in [0.3, 0.4) is 0 Å². The number of anilines is 1. The molecule has 2 N–H and O–H groups in total. The lowest BCUT2D eigenvalue weighted by molar-refractivity contribution is -0.116. The first-order chi connectivity index (χ1) is 13.4. The average molecular weight is 415 g/mol. The molecule has 28 heavy (non-hydrogen) atoms. The predicted octanol–water partition coefficient (Wildman–Crippen LogP) is 3.77. The summed E-state index contributed by atoms with van der Waals surface area (Å²) in [5, 5.41) is 13.8. The zero-order valence-electron chi connectivity index (χ0n) is 14.9. The van der Waals surface area contributed by atoms with Gasteiger partial charge in [-0.25, -0.2) is 8.42 Å². The van der Waals surface area contributed by atoms with Gasteiger partial charge in [0.25, 0.3) is 0 Å². The predicted molar refractivity (Wildman–Crippen MR) is 106 cm³/mol. The number of carbonyl (C=O) groups is 1. The monoisotopic (exact) mass is 415 g/mol. The van der Waals surface area contributed by atoms with Gasteiger partial charge in [0.2, 0.25) is 15.7 Å². The average Bonchev–Trinajstić information content (AvgIpc) is 3.12. The van der Waals surface area contributed by atoms with Gasteiger partial charge in [-0.3, -0.25) is 4.79 Å². The molecule has 3 aromatic rings. The van der Waals surface area contributed by atoms with Crippen LogP contribution < -0.4 is 10.1 Å². The molecule has 0 bridgehead atoms. The van der Waals surface area contributed by atoms with Gasteiger partial charge in [0.1, 0.15) is 16.4 Å². The number of methoxy groups -OCH3 is 1. The zero-order valence-corrected chi connectivity index (χ0v) is 16.5. The molecule has 1 aromatic heterocycles. The summed E-state index contributed by atoms with van der Waals surface area (Å²) >= 11 is 1.31. The molecule has 0 saturated heterocycles. The number of benzene rings is 2. The summed E-state index contributed by atoms with van der Waals surface area (Å²) in [6.07, 6.45) is 0.223. The van der Waals surface area contributed by atoms with E-state index in [9.17, 15) is 18.3 Å². The number of hydrogen-bond donors (Lipinski definition) is 2. The van der Waals surface area contributed by atoms with Gasteiger partial charge in [0.15, 0.2) is 0 Å². The lowest BCUT2D eigenvalue weighted by atomic mass is 9.91.